The summed E-state index contributed by atoms with van der Waals surface area (Å²) in [5, 5.41) is 5.20. The van der Waals surface area contributed by atoms with Gasteiger partial charge in [0.05, 0.1) is 5.56 Å². The van der Waals surface area contributed by atoms with Crippen LogP contribution in [-0.4, -0.2) is 96.0 Å². The normalized spacial score (nSPS) is 21.7. The van der Waals surface area contributed by atoms with Gasteiger partial charge in [-0.2, -0.15) is 0 Å². The first-order chi connectivity index (χ1) is 18.0. The van der Waals surface area contributed by atoms with Crippen molar-refractivity contribution in [3.63, 3.8) is 0 Å². The quantitative estimate of drug-likeness (QED) is 0.562. The Morgan fingerprint density at radius 1 is 1.03 bits per heavy atom. The molecular weight excluding hydrogens is 493 g/mol. The van der Waals surface area contributed by atoms with Gasteiger partial charge in [-0.05, 0) is 64.2 Å². The Morgan fingerprint density at radius 3 is 2.32 bits per heavy atom. The molecule has 0 bridgehead atoms. The van der Waals surface area contributed by atoms with Crippen molar-refractivity contribution in [2.24, 2.45) is 5.92 Å². The van der Waals surface area contributed by atoms with Crippen LogP contribution in [0.4, 0.5) is 14.9 Å². The number of imide groups is 1. The van der Waals surface area contributed by atoms with E-state index in [-0.39, 0.29) is 29.9 Å². The van der Waals surface area contributed by atoms with Gasteiger partial charge < -0.3 is 19.9 Å². The van der Waals surface area contributed by atoms with Crippen LogP contribution in [0.5, 0.6) is 0 Å². The number of carbonyl (C=O) groups excluding carboxylic acids is 4. The molecule has 4 amide bonds. The molecule has 3 aliphatic heterocycles. The summed E-state index contributed by atoms with van der Waals surface area (Å²) in [6, 6.07) is 3.62. The smallest absolute Gasteiger partial charge is 0.410 e. The number of likely N-dealkylation sites (tertiary alicyclic amines) is 1. The third-order valence-electron chi connectivity index (χ3n) is 7.22. The zero-order chi connectivity index (χ0) is 27.4. The van der Waals surface area contributed by atoms with Crippen molar-refractivity contribution in [2.75, 3.05) is 51.1 Å². The first kappa shape index (κ1) is 27.8. The van der Waals surface area contributed by atoms with Crippen LogP contribution in [-0.2, 0) is 14.3 Å². The Balaban J connectivity index is 1.22. The van der Waals surface area contributed by atoms with Crippen LogP contribution >= 0.6 is 0 Å². The molecule has 3 saturated heterocycles. The molecule has 0 saturated carbocycles. The maximum Gasteiger partial charge on any atom is 0.410 e. The molecule has 0 aromatic heterocycles. The van der Waals surface area contributed by atoms with Gasteiger partial charge in [-0.3, -0.25) is 24.6 Å². The maximum absolute atomic E-state index is 14.8. The number of carbonyl (C=O) groups is 4. The number of rotatable bonds is 5. The van der Waals surface area contributed by atoms with Gasteiger partial charge in [0.1, 0.15) is 17.5 Å². The van der Waals surface area contributed by atoms with Crippen molar-refractivity contribution < 1.29 is 28.3 Å². The number of anilines is 1. The summed E-state index contributed by atoms with van der Waals surface area (Å²) < 4.78 is 20.3. The van der Waals surface area contributed by atoms with Gasteiger partial charge in [-0.25, -0.2) is 9.18 Å². The second-order valence-electron chi connectivity index (χ2n) is 11.3. The Kier molecular flexibility index (Phi) is 8.54. The lowest BCUT2D eigenvalue weighted by atomic mass is 9.96. The van der Waals surface area contributed by atoms with Crippen molar-refractivity contribution in [2.45, 2.75) is 58.1 Å². The zero-order valence-electron chi connectivity index (χ0n) is 22.4. The molecule has 1 unspecified atom stereocenters. The van der Waals surface area contributed by atoms with Crippen LogP contribution < -0.4 is 10.6 Å². The van der Waals surface area contributed by atoms with Crippen molar-refractivity contribution in [3.05, 3.63) is 29.6 Å². The molecule has 11 heteroatoms. The molecule has 1 aromatic carbocycles. The molecule has 3 aliphatic rings. The van der Waals surface area contributed by atoms with E-state index in [0.29, 0.717) is 44.2 Å². The first-order valence-electron chi connectivity index (χ1n) is 13.4. The minimum absolute atomic E-state index is 0.00166. The number of piperazine rings is 1. The highest BCUT2D eigenvalue weighted by molar-refractivity contribution is 6.01. The molecule has 0 spiro atoms. The highest BCUT2D eigenvalue weighted by atomic mass is 19.1. The van der Waals surface area contributed by atoms with Gasteiger partial charge in [-0.15, -0.1) is 0 Å². The monoisotopic (exact) mass is 531 g/mol. The Labute approximate surface area is 222 Å². The van der Waals surface area contributed by atoms with E-state index in [1.165, 1.54) is 12.1 Å². The summed E-state index contributed by atoms with van der Waals surface area (Å²) in [6.07, 6.45) is 2.14. The SMILES string of the molecule is CC(C)(C)OC(=O)N1CCC(CN2CCN(C(=O)c3ccc(NC4CCC(=O)NC4=O)cc3F)CC2)CC1. The summed E-state index contributed by atoms with van der Waals surface area (Å²) in [5.74, 6) is -1.26. The fourth-order valence-electron chi connectivity index (χ4n) is 5.10. The predicted octanol–water partition coefficient (Wildman–Crippen LogP) is 2.45. The first-order valence-corrected chi connectivity index (χ1v) is 13.4. The van der Waals surface area contributed by atoms with Crippen LogP contribution in [0, 0.1) is 11.7 Å². The molecule has 3 heterocycles. The number of halogens is 1. The molecular formula is C27H38FN5O5. The number of amides is 4. The number of hydrogen-bond donors (Lipinski definition) is 2. The molecule has 2 N–H and O–H groups in total. The Hall–Kier alpha value is -3.21. The summed E-state index contributed by atoms with van der Waals surface area (Å²) in [4.78, 5) is 54.3. The molecule has 38 heavy (non-hydrogen) atoms. The molecule has 1 aromatic rings. The topological polar surface area (TPSA) is 111 Å². The summed E-state index contributed by atoms with van der Waals surface area (Å²) in [7, 11) is 0. The van der Waals surface area contributed by atoms with E-state index in [2.05, 4.69) is 15.5 Å². The van der Waals surface area contributed by atoms with Crippen LogP contribution in [0.2, 0.25) is 0 Å². The number of piperidine rings is 2. The molecule has 0 radical (unpaired) electrons. The van der Waals surface area contributed by atoms with Crippen molar-refractivity contribution in [3.8, 4) is 0 Å². The Morgan fingerprint density at radius 2 is 1.71 bits per heavy atom. The van der Waals surface area contributed by atoms with E-state index in [9.17, 15) is 23.6 Å². The van der Waals surface area contributed by atoms with Gasteiger partial charge in [0.2, 0.25) is 11.8 Å². The number of hydrogen-bond acceptors (Lipinski definition) is 7. The minimum Gasteiger partial charge on any atom is -0.444 e. The average Bonchev–Trinajstić information content (AvgIpc) is 2.85. The van der Waals surface area contributed by atoms with Crippen molar-refractivity contribution in [1.82, 2.24) is 20.0 Å². The lowest BCUT2D eigenvalue weighted by molar-refractivity contribution is -0.133. The third kappa shape index (κ3) is 7.21. The molecule has 3 fully saturated rings. The largest absolute Gasteiger partial charge is 0.444 e. The van der Waals surface area contributed by atoms with E-state index in [1.807, 2.05) is 20.8 Å². The second kappa shape index (κ2) is 11.7. The number of nitrogens with zero attached hydrogens (tertiary/aromatic N) is 3. The van der Waals surface area contributed by atoms with E-state index in [0.717, 1.165) is 32.5 Å². The molecule has 208 valence electrons. The fourth-order valence-corrected chi connectivity index (χ4v) is 5.10. The van der Waals surface area contributed by atoms with Gasteiger partial charge >= 0.3 is 6.09 Å². The Bertz CT molecular complexity index is 1060. The van der Waals surface area contributed by atoms with Crippen LogP contribution in [0.3, 0.4) is 0 Å². The van der Waals surface area contributed by atoms with Crippen LogP contribution in [0.1, 0.15) is 56.8 Å². The lowest BCUT2D eigenvalue weighted by Gasteiger charge is -2.39. The van der Waals surface area contributed by atoms with E-state index in [1.54, 1.807) is 15.9 Å². The maximum atomic E-state index is 14.8. The molecule has 1 atom stereocenters. The van der Waals surface area contributed by atoms with Gasteiger partial charge in [0.15, 0.2) is 0 Å². The lowest BCUT2D eigenvalue weighted by Crippen LogP contribution is -2.51. The fraction of sp³-hybridized carbons (Fsp3) is 0.630. The summed E-state index contributed by atoms with van der Waals surface area (Å²) >= 11 is 0. The van der Waals surface area contributed by atoms with Crippen molar-refractivity contribution >= 4 is 29.5 Å². The molecule has 10 nitrogen and oxygen atoms in total. The summed E-state index contributed by atoms with van der Waals surface area (Å²) in [5.41, 5.74) is -0.110. The standard InChI is InChI=1S/C27H38FN5O5/c1-27(2,3)38-26(37)33-10-8-18(9-11-33)17-31-12-14-32(15-13-31)25(36)20-5-4-19(16-21(20)28)29-22-6-7-23(34)30-24(22)35/h4-5,16,18,22,29H,6-15,17H2,1-3H3,(H,30,34,35). The molecule has 0 aliphatic carbocycles. The number of ether oxygens (including phenoxy) is 1. The average molecular weight is 532 g/mol. The van der Waals surface area contributed by atoms with E-state index < -0.39 is 23.4 Å². The van der Waals surface area contributed by atoms with E-state index in [4.69, 9.17) is 4.74 Å². The van der Waals surface area contributed by atoms with Crippen LogP contribution in [0.15, 0.2) is 18.2 Å². The third-order valence-corrected chi connectivity index (χ3v) is 7.22. The minimum atomic E-state index is -0.647. The molecule has 4 rings (SSSR count). The van der Waals surface area contributed by atoms with E-state index >= 15 is 0 Å². The van der Waals surface area contributed by atoms with Crippen molar-refractivity contribution in [1.29, 1.82) is 0 Å². The zero-order valence-corrected chi connectivity index (χ0v) is 22.4. The predicted molar refractivity (Wildman–Crippen MR) is 139 cm³/mol. The number of benzene rings is 1. The van der Waals surface area contributed by atoms with Gasteiger partial charge in [0, 0.05) is 57.9 Å². The number of nitrogens with one attached hydrogen (secondary N) is 2. The van der Waals surface area contributed by atoms with Gasteiger partial charge in [-0.1, -0.05) is 0 Å². The second-order valence-corrected chi connectivity index (χ2v) is 11.3. The van der Waals surface area contributed by atoms with Gasteiger partial charge in [0.25, 0.3) is 5.91 Å². The summed E-state index contributed by atoms with van der Waals surface area (Å²) in [6.45, 7) is 10.4. The van der Waals surface area contributed by atoms with Crippen LogP contribution in [0.25, 0.3) is 0 Å². The highest BCUT2D eigenvalue weighted by Gasteiger charge is 2.30. The highest BCUT2D eigenvalue weighted by Crippen LogP contribution is 2.23.